The van der Waals surface area contributed by atoms with Crippen molar-refractivity contribution in [2.45, 2.75) is 31.5 Å². The number of hydrogen-bond acceptors (Lipinski definition) is 5. The van der Waals surface area contributed by atoms with Crippen molar-refractivity contribution in [3.05, 3.63) is 17.6 Å². The SMILES string of the molecule is COC(C)CNS(=O)(=O)c1cc(CO)oc1C. The molecule has 0 radical (unpaired) electrons. The van der Waals surface area contributed by atoms with Crippen LogP contribution in [-0.4, -0.2) is 33.3 Å². The van der Waals surface area contributed by atoms with Gasteiger partial charge in [-0.3, -0.25) is 0 Å². The molecule has 0 fully saturated rings. The number of aliphatic hydroxyl groups excluding tert-OH is 1. The van der Waals surface area contributed by atoms with Crippen LogP contribution in [0.3, 0.4) is 0 Å². The lowest BCUT2D eigenvalue weighted by Gasteiger charge is -2.10. The summed E-state index contributed by atoms with van der Waals surface area (Å²) >= 11 is 0. The molecular formula is C10H17NO5S. The standard InChI is InChI=1S/C10H17NO5S/c1-7(15-3)5-11-17(13,14)10-4-9(6-12)16-8(10)2/h4,7,11-12H,5-6H2,1-3H3. The van der Waals surface area contributed by atoms with Crippen molar-refractivity contribution in [3.63, 3.8) is 0 Å². The van der Waals surface area contributed by atoms with Gasteiger partial charge >= 0.3 is 0 Å². The topological polar surface area (TPSA) is 88.8 Å². The lowest BCUT2D eigenvalue weighted by atomic mass is 10.4. The highest BCUT2D eigenvalue weighted by atomic mass is 32.2. The van der Waals surface area contributed by atoms with Gasteiger partial charge in [0.25, 0.3) is 0 Å². The van der Waals surface area contributed by atoms with Gasteiger partial charge in [0.05, 0.1) is 6.10 Å². The number of furan rings is 1. The Morgan fingerprint density at radius 3 is 2.71 bits per heavy atom. The molecule has 2 N–H and O–H groups in total. The maximum absolute atomic E-state index is 11.9. The van der Waals surface area contributed by atoms with E-state index in [1.165, 1.54) is 20.1 Å². The monoisotopic (exact) mass is 263 g/mol. The molecule has 0 aliphatic rings. The van der Waals surface area contributed by atoms with Crippen LogP contribution in [0.1, 0.15) is 18.4 Å². The summed E-state index contributed by atoms with van der Waals surface area (Å²) in [4.78, 5) is 0.0462. The Morgan fingerprint density at radius 1 is 1.59 bits per heavy atom. The van der Waals surface area contributed by atoms with E-state index in [2.05, 4.69) is 4.72 Å². The van der Waals surface area contributed by atoms with Gasteiger partial charge in [0.15, 0.2) is 0 Å². The fraction of sp³-hybridized carbons (Fsp3) is 0.600. The molecule has 0 amide bonds. The fourth-order valence-electron chi connectivity index (χ4n) is 1.26. The number of methoxy groups -OCH3 is 1. The van der Waals surface area contributed by atoms with Crippen LogP contribution >= 0.6 is 0 Å². The molecule has 0 aliphatic carbocycles. The van der Waals surface area contributed by atoms with E-state index in [0.29, 0.717) is 0 Å². The second kappa shape index (κ2) is 5.63. The molecule has 0 aliphatic heterocycles. The molecular weight excluding hydrogens is 246 g/mol. The predicted octanol–water partition coefficient (Wildman–Crippen LogP) is 0.394. The van der Waals surface area contributed by atoms with E-state index in [-0.39, 0.29) is 35.7 Å². The van der Waals surface area contributed by atoms with Crippen molar-refractivity contribution in [2.24, 2.45) is 0 Å². The molecule has 1 aromatic heterocycles. The van der Waals surface area contributed by atoms with Crippen LogP contribution in [-0.2, 0) is 21.4 Å². The first-order chi connectivity index (χ1) is 7.90. The van der Waals surface area contributed by atoms with Gasteiger partial charge in [0.2, 0.25) is 10.0 Å². The summed E-state index contributed by atoms with van der Waals surface area (Å²) in [6.45, 7) is 3.14. The van der Waals surface area contributed by atoms with Crippen LogP contribution in [0, 0.1) is 6.92 Å². The van der Waals surface area contributed by atoms with Crippen molar-refractivity contribution in [1.29, 1.82) is 0 Å². The molecule has 1 rings (SSSR count). The summed E-state index contributed by atoms with van der Waals surface area (Å²) in [5.74, 6) is 0.481. The first kappa shape index (κ1) is 14.2. The molecule has 7 heteroatoms. The van der Waals surface area contributed by atoms with E-state index < -0.39 is 10.0 Å². The molecule has 1 aromatic rings. The van der Waals surface area contributed by atoms with E-state index in [4.69, 9.17) is 14.3 Å². The number of hydrogen-bond donors (Lipinski definition) is 2. The highest BCUT2D eigenvalue weighted by Gasteiger charge is 2.21. The molecule has 0 spiro atoms. The fourth-order valence-corrected chi connectivity index (χ4v) is 2.57. The maximum atomic E-state index is 11.9. The molecule has 0 bridgehead atoms. The Kier molecular flexibility index (Phi) is 4.70. The minimum atomic E-state index is -3.62. The van der Waals surface area contributed by atoms with Gasteiger partial charge < -0.3 is 14.3 Å². The largest absolute Gasteiger partial charge is 0.462 e. The van der Waals surface area contributed by atoms with Crippen LogP contribution in [0.5, 0.6) is 0 Å². The first-order valence-corrected chi connectivity index (χ1v) is 6.61. The number of rotatable bonds is 6. The summed E-state index contributed by atoms with van der Waals surface area (Å²) in [5.41, 5.74) is 0. The Hall–Kier alpha value is -0.890. The van der Waals surface area contributed by atoms with E-state index in [1.807, 2.05) is 0 Å². The van der Waals surface area contributed by atoms with Crippen molar-refractivity contribution >= 4 is 10.0 Å². The van der Waals surface area contributed by atoms with Crippen molar-refractivity contribution in [2.75, 3.05) is 13.7 Å². The summed E-state index contributed by atoms with van der Waals surface area (Å²) in [6, 6.07) is 1.31. The summed E-state index contributed by atoms with van der Waals surface area (Å²) in [6.07, 6.45) is -0.214. The Bertz CT molecular complexity index is 465. The van der Waals surface area contributed by atoms with Crippen molar-refractivity contribution in [1.82, 2.24) is 4.72 Å². The van der Waals surface area contributed by atoms with Crippen LogP contribution < -0.4 is 4.72 Å². The predicted molar refractivity (Wildman–Crippen MR) is 61.0 cm³/mol. The summed E-state index contributed by atoms with van der Waals surface area (Å²) < 4.78 is 36.2. The Morgan fingerprint density at radius 2 is 2.24 bits per heavy atom. The molecule has 6 nitrogen and oxygen atoms in total. The van der Waals surface area contributed by atoms with E-state index in [0.717, 1.165) is 0 Å². The van der Waals surface area contributed by atoms with Gasteiger partial charge in [-0.15, -0.1) is 0 Å². The average molecular weight is 263 g/mol. The van der Waals surface area contributed by atoms with Crippen LogP contribution in [0.4, 0.5) is 0 Å². The van der Waals surface area contributed by atoms with Gasteiger partial charge in [0, 0.05) is 19.7 Å². The van der Waals surface area contributed by atoms with E-state index >= 15 is 0 Å². The minimum absolute atomic E-state index is 0.0462. The van der Waals surface area contributed by atoms with Gasteiger partial charge in [-0.25, -0.2) is 13.1 Å². The number of ether oxygens (including phenoxy) is 1. The summed E-state index contributed by atoms with van der Waals surface area (Å²) in [5, 5.41) is 8.87. The zero-order chi connectivity index (χ0) is 13.1. The van der Waals surface area contributed by atoms with Crippen molar-refractivity contribution < 1.29 is 22.7 Å². The molecule has 1 atom stereocenters. The van der Waals surface area contributed by atoms with Crippen LogP contribution in [0.15, 0.2) is 15.4 Å². The smallest absolute Gasteiger partial charge is 0.244 e. The van der Waals surface area contributed by atoms with Gasteiger partial charge in [-0.05, 0) is 13.8 Å². The zero-order valence-electron chi connectivity index (χ0n) is 10.1. The number of aryl methyl sites for hydroxylation is 1. The lowest BCUT2D eigenvalue weighted by molar-refractivity contribution is 0.122. The first-order valence-electron chi connectivity index (χ1n) is 5.13. The summed E-state index contributed by atoms with van der Waals surface area (Å²) in [7, 11) is -2.11. The second-order valence-corrected chi connectivity index (χ2v) is 5.42. The van der Waals surface area contributed by atoms with Gasteiger partial charge in [-0.1, -0.05) is 0 Å². The van der Waals surface area contributed by atoms with Crippen LogP contribution in [0.25, 0.3) is 0 Å². The quantitative estimate of drug-likeness (QED) is 0.775. The normalized spacial score (nSPS) is 13.9. The number of aliphatic hydroxyl groups is 1. The van der Waals surface area contributed by atoms with Gasteiger partial charge in [0.1, 0.15) is 23.0 Å². The number of nitrogens with one attached hydrogen (secondary N) is 1. The van der Waals surface area contributed by atoms with E-state index in [9.17, 15) is 8.42 Å². The molecule has 0 saturated heterocycles. The second-order valence-electron chi connectivity index (χ2n) is 3.69. The molecule has 0 saturated carbocycles. The zero-order valence-corrected chi connectivity index (χ0v) is 10.9. The molecule has 0 aromatic carbocycles. The number of sulfonamides is 1. The highest BCUT2D eigenvalue weighted by Crippen LogP contribution is 2.19. The average Bonchev–Trinajstić information content (AvgIpc) is 2.68. The maximum Gasteiger partial charge on any atom is 0.244 e. The van der Waals surface area contributed by atoms with Crippen LogP contribution in [0.2, 0.25) is 0 Å². The molecule has 17 heavy (non-hydrogen) atoms. The Balaban J connectivity index is 2.85. The highest BCUT2D eigenvalue weighted by molar-refractivity contribution is 7.89. The molecule has 1 heterocycles. The minimum Gasteiger partial charge on any atom is -0.462 e. The third kappa shape index (κ3) is 3.53. The third-order valence-corrected chi connectivity index (χ3v) is 3.86. The lowest BCUT2D eigenvalue weighted by Crippen LogP contribution is -2.31. The van der Waals surface area contributed by atoms with Crippen molar-refractivity contribution in [3.8, 4) is 0 Å². The Labute approximate surface area is 101 Å². The third-order valence-electron chi connectivity index (χ3n) is 2.33. The van der Waals surface area contributed by atoms with E-state index in [1.54, 1.807) is 6.92 Å². The van der Waals surface area contributed by atoms with Gasteiger partial charge in [-0.2, -0.15) is 0 Å². The molecule has 1 unspecified atom stereocenters. The molecule has 98 valence electrons.